The summed E-state index contributed by atoms with van der Waals surface area (Å²) < 4.78 is 10.6. The van der Waals surface area contributed by atoms with E-state index in [-0.39, 0.29) is 30.9 Å². The third-order valence-electron chi connectivity index (χ3n) is 4.58. The minimum Gasteiger partial charge on any atom is -0.454 e. The molecule has 0 fully saturated rings. The second-order valence-corrected chi connectivity index (χ2v) is 6.94. The van der Waals surface area contributed by atoms with E-state index in [4.69, 9.17) is 9.47 Å². The smallest absolute Gasteiger partial charge is 0.279 e. The minimum absolute atomic E-state index is 0.0929. The van der Waals surface area contributed by atoms with Gasteiger partial charge in [0.1, 0.15) is 6.54 Å². The maximum atomic E-state index is 12.5. The van der Waals surface area contributed by atoms with Gasteiger partial charge >= 0.3 is 0 Å². The van der Waals surface area contributed by atoms with Gasteiger partial charge in [-0.2, -0.15) is 0 Å². The van der Waals surface area contributed by atoms with Gasteiger partial charge in [-0.1, -0.05) is 12.1 Å². The van der Waals surface area contributed by atoms with E-state index in [1.807, 2.05) is 19.2 Å². The number of ketones is 1. The lowest BCUT2D eigenvalue weighted by Gasteiger charge is -2.15. The molecule has 2 aromatic carbocycles. The standard InChI is InChI=1S/C21H23N3O5/c1-13(25)16-8-18-19(29-12-28-18)9-17(16)23-20(26)11-24(3)10-14-4-6-15(7-5-14)21(27)22-2/h4-9H,10-12H2,1-3H3,(H,22,27)(H,23,26)/p+1. The van der Waals surface area contributed by atoms with Gasteiger partial charge in [-0.3, -0.25) is 14.4 Å². The highest BCUT2D eigenvalue weighted by Gasteiger charge is 2.21. The predicted octanol–water partition coefficient (Wildman–Crippen LogP) is 0.631. The molecule has 1 atom stereocenters. The monoisotopic (exact) mass is 398 g/mol. The number of ether oxygens (including phenoxy) is 2. The first-order chi connectivity index (χ1) is 13.9. The Labute approximate surface area is 168 Å². The SMILES string of the molecule is CNC(=O)c1ccc(C[NH+](C)CC(=O)Nc2cc3c(cc2C(C)=O)OCO3)cc1. The number of hydrogen-bond donors (Lipinski definition) is 3. The Balaban J connectivity index is 1.62. The van der Waals surface area contributed by atoms with Crippen LogP contribution in [0.2, 0.25) is 0 Å². The second-order valence-electron chi connectivity index (χ2n) is 6.94. The third kappa shape index (κ3) is 4.91. The van der Waals surface area contributed by atoms with Crippen LogP contribution < -0.4 is 25.0 Å². The summed E-state index contributed by atoms with van der Waals surface area (Å²) in [5, 5.41) is 5.38. The summed E-state index contributed by atoms with van der Waals surface area (Å²) in [6, 6.07) is 10.5. The molecule has 1 heterocycles. The van der Waals surface area contributed by atoms with Crippen LogP contribution in [0.25, 0.3) is 0 Å². The molecular weight excluding hydrogens is 374 g/mol. The van der Waals surface area contributed by atoms with Crippen molar-refractivity contribution in [3.8, 4) is 11.5 Å². The summed E-state index contributed by atoms with van der Waals surface area (Å²) in [6.45, 7) is 2.35. The number of carbonyl (C=O) groups is 3. The van der Waals surface area contributed by atoms with Crippen LogP contribution in [-0.2, 0) is 11.3 Å². The summed E-state index contributed by atoms with van der Waals surface area (Å²) >= 11 is 0. The molecule has 0 bridgehead atoms. The van der Waals surface area contributed by atoms with Crippen LogP contribution in [0.3, 0.4) is 0 Å². The molecule has 0 radical (unpaired) electrons. The second kappa shape index (κ2) is 8.74. The molecule has 1 aliphatic rings. The first-order valence-electron chi connectivity index (χ1n) is 9.24. The van der Waals surface area contributed by atoms with E-state index in [0.29, 0.717) is 34.9 Å². The van der Waals surface area contributed by atoms with Gasteiger partial charge in [-0.15, -0.1) is 0 Å². The van der Waals surface area contributed by atoms with E-state index in [9.17, 15) is 14.4 Å². The van der Waals surface area contributed by atoms with Crippen LogP contribution in [-0.4, -0.2) is 45.0 Å². The zero-order valence-corrected chi connectivity index (χ0v) is 16.6. The van der Waals surface area contributed by atoms with Crippen molar-refractivity contribution in [3.05, 3.63) is 53.1 Å². The van der Waals surface area contributed by atoms with E-state index in [0.717, 1.165) is 10.5 Å². The zero-order valence-electron chi connectivity index (χ0n) is 16.6. The maximum Gasteiger partial charge on any atom is 0.279 e. The third-order valence-corrected chi connectivity index (χ3v) is 4.58. The molecule has 0 aliphatic carbocycles. The summed E-state index contributed by atoms with van der Waals surface area (Å²) in [7, 11) is 3.49. The first-order valence-corrected chi connectivity index (χ1v) is 9.24. The van der Waals surface area contributed by atoms with Crippen LogP contribution in [0.15, 0.2) is 36.4 Å². The summed E-state index contributed by atoms with van der Waals surface area (Å²) in [5.41, 5.74) is 2.39. The highest BCUT2D eigenvalue weighted by Crippen LogP contribution is 2.37. The molecule has 1 unspecified atom stereocenters. The molecule has 3 rings (SSSR count). The molecule has 8 heteroatoms. The Morgan fingerprint density at radius 1 is 1.07 bits per heavy atom. The van der Waals surface area contributed by atoms with Gasteiger partial charge in [0.15, 0.2) is 23.8 Å². The van der Waals surface area contributed by atoms with Crippen molar-refractivity contribution >= 4 is 23.3 Å². The molecule has 3 N–H and O–H groups in total. The molecule has 0 aromatic heterocycles. The van der Waals surface area contributed by atoms with Crippen LogP contribution in [0, 0.1) is 0 Å². The topological polar surface area (TPSA) is 98.2 Å². The average Bonchev–Trinajstić information content (AvgIpc) is 3.14. The fraction of sp³-hybridized carbons (Fsp3) is 0.286. The van der Waals surface area contributed by atoms with Gasteiger partial charge < -0.3 is 25.0 Å². The number of benzene rings is 2. The zero-order chi connectivity index (χ0) is 21.0. The number of likely N-dealkylation sites (N-methyl/N-ethyl adjacent to an activating group) is 1. The molecule has 8 nitrogen and oxygen atoms in total. The molecule has 2 aromatic rings. The highest BCUT2D eigenvalue weighted by molar-refractivity contribution is 6.04. The molecule has 0 saturated carbocycles. The van der Waals surface area contributed by atoms with E-state index >= 15 is 0 Å². The number of quaternary nitrogens is 1. The van der Waals surface area contributed by atoms with E-state index in [2.05, 4.69) is 10.6 Å². The lowest BCUT2D eigenvalue weighted by atomic mass is 10.1. The molecular formula is C21H24N3O5+. The maximum absolute atomic E-state index is 12.5. The normalized spacial score (nSPS) is 12.9. The van der Waals surface area contributed by atoms with Crippen molar-refractivity contribution in [2.24, 2.45) is 0 Å². The number of anilines is 1. The lowest BCUT2D eigenvalue weighted by molar-refractivity contribution is -0.885. The predicted molar refractivity (Wildman–Crippen MR) is 106 cm³/mol. The van der Waals surface area contributed by atoms with Crippen molar-refractivity contribution in [3.63, 3.8) is 0 Å². The molecule has 0 spiro atoms. The highest BCUT2D eigenvalue weighted by atomic mass is 16.7. The van der Waals surface area contributed by atoms with Crippen LogP contribution >= 0.6 is 0 Å². The Kier molecular flexibility index (Phi) is 6.13. The largest absolute Gasteiger partial charge is 0.454 e. The van der Waals surface area contributed by atoms with Crippen molar-refractivity contribution in [1.82, 2.24) is 5.32 Å². The lowest BCUT2D eigenvalue weighted by Crippen LogP contribution is -3.08. The Hall–Kier alpha value is -3.39. The number of Topliss-reactive ketones (excluding diaryl/α,β-unsaturated/α-hetero) is 1. The molecule has 29 heavy (non-hydrogen) atoms. The minimum atomic E-state index is -0.217. The van der Waals surface area contributed by atoms with Crippen LogP contribution in [0.5, 0.6) is 11.5 Å². The fourth-order valence-corrected chi connectivity index (χ4v) is 3.13. The Bertz CT molecular complexity index is 940. The number of hydrogen-bond acceptors (Lipinski definition) is 5. The molecule has 2 amide bonds. The van der Waals surface area contributed by atoms with Crippen molar-refractivity contribution in [2.45, 2.75) is 13.5 Å². The summed E-state index contributed by atoms with van der Waals surface area (Å²) in [6.07, 6.45) is 0. The summed E-state index contributed by atoms with van der Waals surface area (Å²) in [5.74, 6) is 0.473. The number of rotatable bonds is 7. The van der Waals surface area contributed by atoms with E-state index < -0.39 is 0 Å². The Morgan fingerprint density at radius 3 is 2.34 bits per heavy atom. The van der Waals surface area contributed by atoms with Crippen LogP contribution in [0.4, 0.5) is 5.69 Å². The van der Waals surface area contributed by atoms with Gasteiger partial charge in [-0.25, -0.2) is 0 Å². The Morgan fingerprint density at radius 2 is 1.72 bits per heavy atom. The van der Waals surface area contributed by atoms with Crippen molar-refractivity contribution in [2.75, 3.05) is 32.7 Å². The number of fused-ring (bicyclic) bond motifs is 1. The number of nitrogens with one attached hydrogen (secondary N) is 3. The van der Waals surface area contributed by atoms with Gasteiger partial charge in [-0.05, 0) is 25.1 Å². The van der Waals surface area contributed by atoms with Gasteiger partial charge in [0.2, 0.25) is 6.79 Å². The number of amides is 2. The fourth-order valence-electron chi connectivity index (χ4n) is 3.13. The average molecular weight is 398 g/mol. The molecule has 0 saturated heterocycles. The molecule has 152 valence electrons. The van der Waals surface area contributed by atoms with E-state index in [1.54, 1.807) is 31.3 Å². The van der Waals surface area contributed by atoms with E-state index in [1.165, 1.54) is 6.92 Å². The molecule has 1 aliphatic heterocycles. The first kappa shape index (κ1) is 20.3. The van der Waals surface area contributed by atoms with Gasteiger partial charge in [0.05, 0.1) is 12.7 Å². The van der Waals surface area contributed by atoms with Gasteiger partial charge in [0, 0.05) is 29.8 Å². The van der Waals surface area contributed by atoms with Crippen molar-refractivity contribution in [1.29, 1.82) is 0 Å². The summed E-state index contributed by atoms with van der Waals surface area (Å²) in [4.78, 5) is 37.0. The van der Waals surface area contributed by atoms with Gasteiger partial charge in [0.25, 0.3) is 11.8 Å². The van der Waals surface area contributed by atoms with Crippen molar-refractivity contribution < 1.29 is 28.8 Å². The van der Waals surface area contributed by atoms with Crippen LogP contribution in [0.1, 0.15) is 33.2 Å². The number of carbonyl (C=O) groups excluding carboxylic acids is 3. The quantitative estimate of drug-likeness (QED) is 0.595.